The number of rotatable bonds is 9. The molecule has 7 nitrogen and oxygen atoms in total. The summed E-state index contributed by atoms with van der Waals surface area (Å²) in [4.78, 5) is 12.3. The molecule has 7 heteroatoms. The maximum absolute atomic E-state index is 12.3. The van der Waals surface area contributed by atoms with E-state index >= 15 is 0 Å². The highest BCUT2D eigenvalue weighted by molar-refractivity contribution is 5.97. The number of nitrogens with one attached hydrogen (secondary N) is 1. The van der Waals surface area contributed by atoms with Crippen LogP contribution >= 0.6 is 0 Å². The Bertz CT molecular complexity index is 990. The first kappa shape index (κ1) is 22.4. The third-order valence-electron chi connectivity index (χ3n) is 4.28. The number of hydrogen-bond donors (Lipinski definition) is 2. The number of aromatic hydroxyl groups is 1. The number of nitriles is 1. The number of methoxy groups -OCH3 is 3. The Kier molecular flexibility index (Phi) is 8.33. The van der Waals surface area contributed by atoms with Gasteiger partial charge in [-0.1, -0.05) is 30.4 Å². The van der Waals surface area contributed by atoms with Gasteiger partial charge in [0.1, 0.15) is 11.6 Å². The van der Waals surface area contributed by atoms with Gasteiger partial charge >= 0.3 is 0 Å². The number of ether oxygens (including phenoxy) is 3. The molecule has 0 saturated heterocycles. The third kappa shape index (κ3) is 5.79. The molecule has 2 aromatic rings. The molecule has 0 radical (unpaired) electrons. The summed E-state index contributed by atoms with van der Waals surface area (Å²) >= 11 is 0. The van der Waals surface area contributed by atoms with Crippen molar-refractivity contribution >= 4 is 12.0 Å². The molecule has 0 fully saturated rings. The SMILES string of the molecule is COc1cc(C=CC=C(C#N)C(=O)NCCc2cccc(OC)c2OC)ccc1O. The number of para-hydroxylation sites is 1. The van der Waals surface area contributed by atoms with Gasteiger partial charge in [-0.05, 0) is 41.8 Å². The van der Waals surface area contributed by atoms with Crippen LogP contribution in [0.1, 0.15) is 11.1 Å². The van der Waals surface area contributed by atoms with Gasteiger partial charge in [-0.25, -0.2) is 0 Å². The summed E-state index contributed by atoms with van der Waals surface area (Å²) in [5, 5.41) is 21.6. The highest BCUT2D eigenvalue weighted by Gasteiger charge is 2.11. The van der Waals surface area contributed by atoms with E-state index in [2.05, 4.69) is 5.32 Å². The number of benzene rings is 2. The average molecular weight is 408 g/mol. The fourth-order valence-corrected chi connectivity index (χ4v) is 2.77. The number of nitrogens with zero attached hydrogens (tertiary/aromatic N) is 1. The smallest absolute Gasteiger partial charge is 0.261 e. The fourth-order valence-electron chi connectivity index (χ4n) is 2.77. The molecule has 0 heterocycles. The molecule has 156 valence electrons. The van der Waals surface area contributed by atoms with E-state index in [0.29, 0.717) is 30.2 Å². The van der Waals surface area contributed by atoms with E-state index in [0.717, 1.165) is 11.1 Å². The maximum atomic E-state index is 12.3. The average Bonchev–Trinajstić information content (AvgIpc) is 2.77. The highest BCUT2D eigenvalue weighted by Crippen LogP contribution is 2.30. The first-order valence-electron chi connectivity index (χ1n) is 9.17. The Balaban J connectivity index is 1.99. The summed E-state index contributed by atoms with van der Waals surface area (Å²) in [6.07, 6.45) is 5.25. The first-order valence-corrected chi connectivity index (χ1v) is 9.17. The van der Waals surface area contributed by atoms with E-state index in [1.54, 1.807) is 44.6 Å². The lowest BCUT2D eigenvalue weighted by Crippen LogP contribution is -2.26. The zero-order valence-corrected chi connectivity index (χ0v) is 17.1. The van der Waals surface area contributed by atoms with Crippen molar-refractivity contribution in [1.29, 1.82) is 5.26 Å². The normalized spacial score (nSPS) is 11.1. The monoisotopic (exact) mass is 408 g/mol. The van der Waals surface area contributed by atoms with Crippen LogP contribution in [0.15, 0.2) is 54.1 Å². The van der Waals surface area contributed by atoms with E-state index in [4.69, 9.17) is 14.2 Å². The molecular weight excluding hydrogens is 384 g/mol. The minimum absolute atomic E-state index is 0.0189. The molecule has 0 spiro atoms. The second-order valence-corrected chi connectivity index (χ2v) is 6.14. The largest absolute Gasteiger partial charge is 0.504 e. The zero-order valence-electron chi connectivity index (χ0n) is 17.1. The highest BCUT2D eigenvalue weighted by atomic mass is 16.5. The molecule has 1 amide bonds. The Hall–Kier alpha value is -3.92. The van der Waals surface area contributed by atoms with Gasteiger partial charge in [0.25, 0.3) is 5.91 Å². The number of allylic oxidation sites excluding steroid dienone is 2. The number of phenols is 1. The quantitative estimate of drug-likeness (QED) is 0.375. The van der Waals surface area contributed by atoms with Gasteiger partial charge in [-0.2, -0.15) is 5.26 Å². The topological polar surface area (TPSA) is 101 Å². The molecule has 0 aliphatic carbocycles. The molecule has 0 unspecified atom stereocenters. The van der Waals surface area contributed by atoms with Crippen LogP contribution in [0, 0.1) is 11.3 Å². The van der Waals surface area contributed by atoms with Gasteiger partial charge in [0.2, 0.25) is 0 Å². The van der Waals surface area contributed by atoms with Crippen molar-refractivity contribution in [1.82, 2.24) is 5.32 Å². The van der Waals surface area contributed by atoms with Crippen LogP contribution in [0.3, 0.4) is 0 Å². The van der Waals surface area contributed by atoms with Gasteiger partial charge < -0.3 is 24.6 Å². The van der Waals surface area contributed by atoms with E-state index in [-0.39, 0.29) is 11.3 Å². The minimum Gasteiger partial charge on any atom is -0.504 e. The van der Waals surface area contributed by atoms with Gasteiger partial charge in [-0.15, -0.1) is 0 Å². The molecule has 30 heavy (non-hydrogen) atoms. The van der Waals surface area contributed by atoms with Gasteiger partial charge in [0.15, 0.2) is 23.0 Å². The number of hydrogen-bond acceptors (Lipinski definition) is 6. The molecule has 0 saturated carbocycles. The second kappa shape index (κ2) is 11.2. The summed E-state index contributed by atoms with van der Waals surface area (Å²) in [7, 11) is 4.59. The molecule has 2 N–H and O–H groups in total. The lowest BCUT2D eigenvalue weighted by Gasteiger charge is -2.12. The van der Waals surface area contributed by atoms with Gasteiger partial charge in [0.05, 0.1) is 21.3 Å². The summed E-state index contributed by atoms with van der Waals surface area (Å²) in [6, 6.07) is 12.3. The van der Waals surface area contributed by atoms with Crippen LogP contribution in [0.25, 0.3) is 6.08 Å². The molecule has 2 aromatic carbocycles. The van der Waals surface area contributed by atoms with Crippen molar-refractivity contribution in [3.05, 3.63) is 65.3 Å². The van der Waals surface area contributed by atoms with E-state index in [1.807, 2.05) is 18.2 Å². The predicted molar refractivity (Wildman–Crippen MR) is 114 cm³/mol. The molecule has 0 aliphatic heterocycles. The summed E-state index contributed by atoms with van der Waals surface area (Å²) in [5.41, 5.74) is 1.62. The van der Waals surface area contributed by atoms with E-state index < -0.39 is 5.91 Å². The Labute approximate surface area is 175 Å². The molecule has 0 aromatic heterocycles. The number of phenolic OH excluding ortho intramolecular Hbond substituents is 1. The summed E-state index contributed by atoms with van der Waals surface area (Å²) in [5.74, 6) is 1.15. The Morgan fingerprint density at radius 1 is 1.13 bits per heavy atom. The lowest BCUT2D eigenvalue weighted by molar-refractivity contribution is -0.117. The standard InChI is InChI=1S/C23H24N2O5/c1-28-20-9-5-7-17(22(20)30-3)12-13-25-23(27)18(15-24)8-4-6-16-10-11-19(26)21(14-16)29-2/h4-11,14,26H,12-13H2,1-3H3,(H,25,27). The third-order valence-corrected chi connectivity index (χ3v) is 4.28. The van der Waals surface area contributed by atoms with Crippen molar-refractivity contribution in [3.8, 4) is 29.1 Å². The van der Waals surface area contributed by atoms with Crippen LogP contribution in [0.4, 0.5) is 0 Å². The maximum Gasteiger partial charge on any atom is 0.261 e. The Morgan fingerprint density at radius 2 is 1.90 bits per heavy atom. The first-order chi connectivity index (χ1) is 14.5. The molecule has 2 rings (SSSR count). The van der Waals surface area contributed by atoms with E-state index in [1.165, 1.54) is 19.3 Å². The van der Waals surface area contributed by atoms with Crippen LogP contribution in [0.5, 0.6) is 23.0 Å². The van der Waals surface area contributed by atoms with Crippen molar-refractivity contribution in [2.45, 2.75) is 6.42 Å². The van der Waals surface area contributed by atoms with Gasteiger partial charge in [0, 0.05) is 6.54 Å². The number of carbonyl (C=O) groups excluding carboxylic acids is 1. The zero-order chi connectivity index (χ0) is 21.9. The summed E-state index contributed by atoms with van der Waals surface area (Å²) in [6.45, 7) is 0.334. The van der Waals surface area contributed by atoms with Crippen molar-refractivity contribution in [2.24, 2.45) is 0 Å². The second-order valence-electron chi connectivity index (χ2n) is 6.14. The van der Waals surface area contributed by atoms with Crippen LogP contribution < -0.4 is 19.5 Å². The van der Waals surface area contributed by atoms with Crippen molar-refractivity contribution < 1.29 is 24.1 Å². The van der Waals surface area contributed by atoms with Crippen molar-refractivity contribution in [3.63, 3.8) is 0 Å². The summed E-state index contributed by atoms with van der Waals surface area (Å²) < 4.78 is 15.7. The molecule has 0 aliphatic rings. The Morgan fingerprint density at radius 3 is 2.57 bits per heavy atom. The van der Waals surface area contributed by atoms with Crippen LogP contribution in [-0.4, -0.2) is 38.9 Å². The fraction of sp³-hybridized carbons (Fsp3) is 0.217. The van der Waals surface area contributed by atoms with Crippen LogP contribution in [0.2, 0.25) is 0 Å². The van der Waals surface area contributed by atoms with Crippen molar-refractivity contribution in [2.75, 3.05) is 27.9 Å². The lowest BCUT2D eigenvalue weighted by atomic mass is 10.1. The molecule has 0 bridgehead atoms. The van der Waals surface area contributed by atoms with Crippen LogP contribution in [-0.2, 0) is 11.2 Å². The van der Waals surface area contributed by atoms with Gasteiger partial charge in [-0.3, -0.25) is 4.79 Å². The predicted octanol–water partition coefficient (Wildman–Crippen LogP) is 3.24. The molecule has 0 atom stereocenters. The number of carbonyl (C=O) groups is 1. The molecular formula is C23H24N2O5. The minimum atomic E-state index is -0.465. The van der Waals surface area contributed by atoms with E-state index in [9.17, 15) is 15.2 Å². The number of amides is 1.